The number of hydrogen-bond acceptors (Lipinski definition) is 6. The monoisotopic (exact) mass is 225 g/mol. The summed E-state index contributed by atoms with van der Waals surface area (Å²) in [5, 5.41) is 25.1. The van der Waals surface area contributed by atoms with Crippen LogP contribution in [-0.4, -0.2) is 52.2 Å². The van der Waals surface area contributed by atoms with E-state index in [1.807, 2.05) is 4.90 Å². The van der Waals surface area contributed by atoms with Crippen molar-refractivity contribution in [2.45, 2.75) is 6.10 Å². The fourth-order valence-corrected chi connectivity index (χ4v) is 1.34. The second kappa shape index (κ2) is 4.31. The van der Waals surface area contributed by atoms with Gasteiger partial charge in [0.15, 0.2) is 12.4 Å². The first kappa shape index (κ1) is 10.6. The topological polar surface area (TPSA) is 95.8 Å². The number of aliphatic carboxylic acids is 1. The first-order chi connectivity index (χ1) is 7.65. The third-order valence-electron chi connectivity index (χ3n) is 2.16. The van der Waals surface area contributed by atoms with E-state index in [1.165, 1.54) is 0 Å². The molecule has 2 rings (SSSR count). The summed E-state index contributed by atoms with van der Waals surface area (Å²) in [7, 11) is 0. The van der Waals surface area contributed by atoms with E-state index in [0.717, 1.165) is 0 Å². The third-order valence-corrected chi connectivity index (χ3v) is 2.16. The van der Waals surface area contributed by atoms with E-state index >= 15 is 0 Å². The highest BCUT2D eigenvalue weighted by atomic mass is 16.5. The molecule has 1 aromatic rings. The molecular weight excluding hydrogens is 214 g/mol. The Morgan fingerprint density at radius 1 is 1.50 bits per heavy atom. The molecule has 0 saturated carbocycles. The van der Waals surface area contributed by atoms with E-state index in [4.69, 9.17) is 14.9 Å². The fourth-order valence-electron chi connectivity index (χ4n) is 1.34. The van der Waals surface area contributed by atoms with Gasteiger partial charge in [0.1, 0.15) is 0 Å². The molecule has 86 valence electrons. The summed E-state index contributed by atoms with van der Waals surface area (Å²) in [5.41, 5.74) is 0. The lowest BCUT2D eigenvalue weighted by Crippen LogP contribution is -2.51. The lowest BCUT2D eigenvalue weighted by molar-refractivity contribution is -0.139. The minimum atomic E-state index is -1.06. The number of ether oxygens (including phenoxy) is 1. The molecule has 16 heavy (non-hydrogen) atoms. The van der Waals surface area contributed by atoms with Crippen molar-refractivity contribution in [3.63, 3.8) is 0 Å². The molecule has 0 radical (unpaired) electrons. The lowest BCUT2D eigenvalue weighted by atomic mass is 10.2. The van der Waals surface area contributed by atoms with Crippen molar-refractivity contribution >= 4 is 11.8 Å². The van der Waals surface area contributed by atoms with Crippen molar-refractivity contribution < 1.29 is 19.7 Å². The predicted molar refractivity (Wildman–Crippen MR) is 53.4 cm³/mol. The molecule has 1 fully saturated rings. The summed E-state index contributed by atoms with van der Waals surface area (Å²) in [6.07, 6.45) is -0.301. The van der Waals surface area contributed by atoms with Crippen LogP contribution in [0.25, 0.3) is 0 Å². The Bertz CT molecular complexity index is 375. The molecule has 0 aliphatic carbocycles. The number of aromatic nitrogens is 2. The van der Waals surface area contributed by atoms with E-state index in [9.17, 15) is 4.79 Å². The number of aliphatic hydroxyl groups excluding tert-OH is 1. The van der Waals surface area contributed by atoms with Gasteiger partial charge in [-0.3, -0.25) is 0 Å². The van der Waals surface area contributed by atoms with E-state index in [0.29, 0.717) is 18.9 Å². The highest BCUT2D eigenvalue weighted by Crippen LogP contribution is 2.18. The molecule has 1 aliphatic heterocycles. The Balaban J connectivity index is 1.91. The molecule has 7 nitrogen and oxygen atoms in total. The Kier molecular flexibility index (Phi) is 2.86. The number of carboxylic acids is 1. The third kappa shape index (κ3) is 2.37. The maximum absolute atomic E-state index is 10.2. The van der Waals surface area contributed by atoms with Crippen LogP contribution in [0, 0.1) is 0 Å². The zero-order valence-electron chi connectivity index (χ0n) is 8.41. The number of carboxylic acid groups (broad SMARTS) is 1. The summed E-state index contributed by atoms with van der Waals surface area (Å²) in [5.74, 6) is -0.239. The second-order valence-corrected chi connectivity index (χ2v) is 3.47. The van der Waals surface area contributed by atoms with Gasteiger partial charge >= 0.3 is 5.97 Å². The molecular formula is C9H11N3O4. The first-order valence-electron chi connectivity index (χ1n) is 4.76. The van der Waals surface area contributed by atoms with Gasteiger partial charge in [0.25, 0.3) is 0 Å². The number of carbonyl (C=O) groups is 1. The molecule has 1 saturated heterocycles. The zero-order valence-corrected chi connectivity index (χ0v) is 8.41. The van der Waals surface area contributed by atoms with Crippen LogP contribution in [0.5, 0.6) is 5.88 Å². The summed E-state index contributed by atoms with van der Waals surface area (Å²) < 4.78 is 4.83. The number of rotatable bonds is 4. The normalized spacial score (nSPS) is 15.7. The van der Waals surface area contributed by atoms with Gasteiger partial charge in [-0.1, -0.05) is 0 Å². The van der Waals surface area contributed by atoms with Crippen molar-refractivity contribution in [3.05, 3.63) is 12.1 Å². The Morgan fingerprint density at radius 3 is 2.75 bits per heavy atom. The number of hydrogen-bond donors (Lipinski definition) is 2. The molecule has 2 heterocycles. The average Bonchev–Trinajstić information content (AvgIpc) is 2.23. The van der Waals surface area contributed by atoms with E-state index in [1.54, 1.807) is 12.1 Å². The van der Waals surface area contributed by atoms with Crippen molar-refractivity contribution in [3.8, 4) is 5.88 Å². The molecule has 0 atom stereocenters. The number of β-amino-alcohol motifs (C(OH)–C–C–N with tert-alkyl or cyclic N) is 1. The lowest BCUT2D eigenvalue weighted by Gasteiger charge is -2.36. The minimum absolute atomic E-state index is 0.173. The molecule has 0 spiro atoms. The highest BCUT2D eigenvalue weighted by Gasteiger charge is 2.25. The van der Waals surface area contributed by atoms with Crippen LogP contribution in [0.1, 0.15) is 0 Å². The summed E-state index contributed by atoms with van der Waals surface area (Å²) >= 11 is 0. The SMILES string of the molecule is O=C(O)COc1ccc(N2CC(O)C2)nn1. The van der Waals surface area contributed by atoms with Crippen LogP contribution < -0.4 is 9.64 Å². The molecule has 1 aliphatic rings. The van der Waals surface area contributed by atoms with Gasteiger partial charge in [-0.15, -0.1) is 10.2 Å². The molecule has 0 amide bonds. The zero-order chi connectivity index (χ0) is 11.5. The van der Waals surface area contributed by atoms with Gasteiger partial charge in [0, 0.05) is 19.2 Å². The maximum atomic E-state index is 10.2. The van der Waals surface area contributed by atoms with E-state index < -0.39 is 12.6 Å². The average molecular weight is 225 g/mol. The van der Waals surface area contributed by atoms with Gasteiger partial charge in [0.05, 0.1) is 6.10 Å². The van der Waals surface area contributed by atoms with Crippen molar-refractivity contribution in [2.75, 3.05) is 24.6 Å². The molecule has 1 aromatic heterocycles. The summed E-state index contributed by atoms with van der Waals surface area (Å²) in [4.78, 5) is 12.1. The fraction of sp³-hybridized carbons (Fsp3) is 0.444. The van der Waals surface area contributed by atoms with Crippen LogP contribution in [0.15, 0.2) is 12.1 Å². The van der Waals surface area contributed by atoms with Gasteiger partial charge in [-0.25, -0.2) is 4.79 Å². The second-order valence-electron chi connectivity index (χ2n) is 3.47. The number of anilines is 1. The number of aliphatic hydroxyl groups is 1. The van der Waals surface area contributed by atoms with Crippen LogP contribution in [0.3, 0.4) is 0 Å². The van der Waals surface area contributed by atoms with Crippen LogP contribution in [0.2, 0.25) is 0 Å². The van der Waals surface area contributed by atoms with Crippen molar-refractivity contribution in [2.24, 2.45) is 0 Å². The smallest absolute Gasteiger partial charge is 0.341 e. The van der Waals surface area contributed by atoms with Crippen LogP contribution in [0.4, 0.5) is 5.82 Å². The van der Waals surface area contributed by atoms with E-state index in [2.05, 4.69) is 10.2 Å². The van der Waals surface area contributed by atoms with E-state index in [-0.39, 0.29) is 12.0 Å². The first-order valence-corrected chi connectivity index (χ1v) is 4.76. The Morgan fingerprint density at radius 2 is 2.25 bits per heavy atom. The van der Waals surface area contributed by atoms with Crippen LogP contribution in [-0.2, 0) is 4.79 Å². The van der Waals surface area contributed by atoms with Crippen molar-refractivity contribution in [1.82, 2.24) is 10.2 Å². The summed E-state index contributed by atoms with van der Waals surface area (Å²) in [6.45, 7) is 0.657. The summed E-state index contributed by atoms with van der Waals surface area (Å²) in [6, 6.07) is 3.23. The molecule has 0 unspecified atom stereocenters. The molecule has 7 heteroatoms. The predicted octanol–water partition coefficient (Wildman–Crippen LogP) is -0.879. The minimum Gasteiger partial charge on any atom is -0.479 e. The van der Waals surface area contributed by atoms with Gasteiger partial charge < -0.3 is 19.8 Å². The molecule has 0 bridgehead atoms. The molecule has 0 aromatic carbocycles. The number of nitrogens with zero attached hydrogens (tertiary/aromatic N) is 3. The highest BCUT2D eigenvalue weighted by molar-refractivity contribution is 5.68. The Labute approximate surface area is 91.3 Å². The largest absolute Gasteiger partial charge is 0.479 e. The van der Waals surface area contributed by atoms with Gasteiger partial charge in [-0.2, -0.15) is 0 Å². The molecule has 2 N–H and O–H groups in total. The Hall–Kier alpha value is -1.89. The maximum Gasteiger partial charge on any atom is 0.341 e. The van der Waals surface area contributed by atoms with Gasteiger partial charge in [-0.05, 0) is 6.07 Å². The standard InChI is InChI=1S/C9H11N3O4/c13-6-3-12(4-6)7-1-2-8(11-10-7)16-5-9(14)15/h1-2,6,13H,3-5H2,(H,14,15). The van der Waals surface area contributed by atoms with Crippen molar-refractivity contribution in [1.29, 1.82) is 0 Å². The quantitative estimate of drug-likeness (QED) is 0.687. The van der Waals surface area contributed by atoms with Crippen LogP contribution >= 0.6 is 0 Å². The van der Waals surface area contributed by atoms with Gasteiger partial charge in [0.2, 0.25) is 5.88 Å².